The quantitative estimate of drug-likeness (QED) is 0.588. The van der Waals surface area contributed by atoms with E-state index in [1.54, 1.807) is 0 Å². The van der Waals surface area contributed by atoms with Gasteiger partial charge in [-0.15, -0.1) is 5.10 Å². The molecule has 148 valence electrons. The molecule has 1 aliphatic rings. The number of amides is 2. The number of carbonyl (C=O) groups is 2. The summed E-state index contributed by atoms with van der Waals surface area (Å²) in [6.45, 7) is 0.501. The zero-order valence-electron chi connectivity index (χ0n) is 15.7. The Morgan fingerprint density at radius 2 is 1.79 bits per heavy atom. The van der Waals surface area contributed by atoms with Crippen molar-refractivity contribution in [3.8, 4) is 0 Å². The third kappa shape index (κ3) is 4.83. The van der Waals surface area contributed by atoms with Gasteiger partial charge in [0.05, 0.1) is 6.42 Å². The van der Waals surface area contributed by atoms with E-state index in [9.17, 15) is 9.59 Å². The first kappa shape index (κ1) is 19.2. The second-order valence-corrected chi connectivity index (χ2v) is 7.67. The van der Waals surface area contributed by atoms with Crippen LogP contribution in [0.25, 0.3) is 0 Å². The SMILES string of the molecule is O=C1C[C@@H](C(=O)NCCc2ccccc2)n2nc(SCc3ccccc3)nc2N1. The molecule has 1 aromatic heterocycles. The van der Waals surface area contributed by atoms with E-state index in [-0.39, 0.29) is 18.2 Å². The smallest absolute Gasteiger partial charge is 0.245 e. The van der Waals surface area contributed by atoms with Crippen molar-refractivity contribution in [2.45, 2.75) is 29.8 Å². The number of fused-ring (bicyclic) bond motifs is 1. The number of benzene rings is 2. The minimum absolute atomic E-state index is 0.0519. The summed E-state index contributed by atoms with van der Waals surface area (Å²) in [7, 11) is 0. The predicted molar refractivity (Wildman–Crippen MR) is 111 cm³/mol. The Morgan fingerprint density at radius 3 is 2.52 bits per heavy atom. The summed E-state index contributed by atoms with van der Waals surface area (Å²) in [6.07, 6.45) is 0.782. The van der Waals surface area contributed by atoms with Gasteiger partial charge in [0, 0.05) is 12.3 Å². The summed E-state index contributed by atoms with van der Waals surface area (Å²) in [4.78, 5) is 29.1. The van der Waals surface area contributed by atoms with Crippen LogP contribution in [0, 0.1) is 0 Å². The summed E-state index contributed by atoms with van der Waals surface area (Å²) in [6, 6.07) is 19.3. The lowest BCUT2D eigenvalue weighted by Gasteiger charge is -2.22. The van der Waals surface area contributed by atoms with Crippen LogP contribution in [0.3, 0.4) is 0 Å². The van der Waals surface area contributed by atoms with Crippen LogP contribution in [-0.4, -0.2) is 33.1 Å². The number of anilines is 1. The molecule has 4 rings (SSSR count). The minimum Gasteiger partial charge on any atom is -0.354 e. The maximum absolute atomic E-state index is 12.7. The van der Waals surface area contributed by atoms with Crippen molar-refractivity contribution in [1.82, 2.24) is 20.1 Å². The molecule has 7 nitrogen and oxygen atoms in total. The highest BCUT2D eigenvalue weighted by Crippen LogP contribution is 2.27. The Morgan fingerprint density at radius 1 is 1.10 bits per heavy atom. The van der Waals surface area contributed by atoms with Gasteiger partial charge in [-0.1, -0.05) is 72.4 Å². The van der Waals surface area contributed by atoms with E-state index in [1.807, 2.05) is 60.7 Å². The maximum Gasteiger partial charge on any atom is 0.245 e. The molecule has 8 heteroatoms. The molecule has 2 aromatic carbocycles. The predicted octanol–water partition coefficient (Wildman–Crippen LogP) is 2.81. The number of nitrogens with one attached hydrogen (secondary N) is 2. The average Bonchev–Trinajstić information content (AvgIpc) is 3.16. The first-order valence-electron chi connectivity index (χ1n) is 9.44. The lowest BCUT2D eigenvalue weighted by atomic mass is 10.1. The van der Waals surface area contributed by atoms with E-state index < -0.39 is 6.04 Å². The van der Waals surface area contributed by atoms with Crippen LogP contribution in [0.1, 0.15) is 23.6 Å². The summed E-state index contributed by atoms with van der Waals surface area (Å²) in [5, 5.41) is 10.6. The summed E-state index contributed by atoms with van der Waals surface area (Å²) in [5.74, 6) is 0.584. The fourth-order valence-electron chi connectivity index (χ4n) is 3.12. The summed E-state index contributed by atoms with van der Waals surface area (Å²) >= 11 is 1.47. The van der Waals surface area contributed by atoms with Crippen LogP contribution in [0.2, 0.25) is 0 Å². The number of aromatic nitrogens is 3. The molecule has 29 heavy (non-hydrogen) atoms. The Balaban J connectivity index is 1.40. The molecule has 2 amide bonds. The summed E-state index contributed by atoms with van der Waals surface area (Å²) in [5.41, 5.74) is 2.31. The maximum atomic E-state index is 12.7. The van der Waals surface area contributed by atoms with Crippen LogP contribution in [0.5, 0.6) is 0 Å². The summed E-state index contributed by atoms with van der Waals surface area (Å²) < 4.78 is 1.52. The minimum atomic E-state index is -0.687. The molecule has 0 spiro atoms. The highest BCUT2D eigenvalue weighted by Gasteiger charge is 2.32. The van der Waals surface area contributed by atoms with Crippen LogP contribution < -0.4 is 10.6 Å². The molecule has 0 unspecified atom stereocenters. The largest absolute Gasteiger partial charge is 0.354 e. The van der Waals surface area contributed by atoms with Crippen molar-refractivity contribution in [2.75, 3.05) is 11.9 Å². The van der Waals surface area contributed by atoms with Crippen molar-refractivity contribution in [2.24, 2.45) is 0 Å². The molecule has 0 fully saturated rings. The normalized spacial score (nSPS) is 15.4. The van der Waals surface area contributed by atoms with Gasteiger partial charge in [0.15, 0.2) is 0 Å². The first-order chi connectivity index (χ1) is 14.2. The van der Waals surface area contributed by atoms with E-state index in [2.05, 4.69) is 20.7 Å². The molecule has 0 saturated carbocycles. The molecule has 0 radical (unpaired) electrons. The Hall–Kier alpha value is -3.13. The highest BCUT2D eigenvalue weighted by molar-refractivity contribution is 7.98. The van der Waals surface area contributed by atoms with E-state index in [1.165, 1.54) is 16.4 Å². The number of nitrogens with zero attached hydrogens (tertiary/aromatic N) is 3. The number of hydrogen-bond acceptors (Lipinski definition) is 5. The van der Waals surface area contributed by atoms with Crippen molar-refractivity contribution in [3.05, 3.63) is 71.8 Å². The third-order valence-corrected chi connectivity index (χ3v) is 5.51. The molecule has 1 atom stereocenters. The van der Waals surface area contributed by atoms with E-state index in [0.29, 0.717) is 23.4 Å². The highest BCUT2D eigenvalue weighted by atomic mass is 32.2. The fraction of sp³-hybridized carbons (Fsp3) is 0.238. The molecule has 2 heterocycles. The lowest BCUT2D eigenvalue weighted by Crippen LogP contribution is -2.39. The molecule has 0 bridgehead atoms. The molecule has 0 aliphatic carbocycles. The van der Waals surface area contributed by atoms with Gasteiger partial charge in [-0.3, -0.25) is 14.9 Å². The van der Waals surface area contributed by atoms with Crippen molar-refractivity contribution >= 4 is 29.5 Å². The zero-order valence-corrected chi connectivity index (χ0v) is 16.6. The van der Waals surface area contributed by atoms with Crippen LogP contribution in [0.15, 0.2) is 65.8 Å². The van der Waals surface area contributed by atoms with Crippen LogP contribution in [-0.2, 0) is 21.8 Å². The average molecular weight is 407 g/mol. The topological polar surface area (TPSA) is 88.9 Å². The van der Waals surface area contributed by atoms with Crippen molar-refractivity contribution in [3.63, 3.8) is 0 Å². The molecular weight excluding hydrogens is 386 g/mol. The Bertz CT molecular complexity index is 991. The molecule has 0 saturated heterocycles. The second kappa shape index (κ2) is 8.91. The third-order valence-electron chi connectivity index (χ3n) is 4.61. The molecule has 3 aromatic rings. The number of hydrogen-bond donors (Lipinski definition) is 2. The van der Waals surface area contributed by atoms with Crippen molar-refractivity contribution < 1.29 is 9.59 Å². The zero-order chi connectivity index (χ0) is 20.1. The van der Waals surface area contributed by atoms with Crippen molar-refractivity contribution in [1.29, 1.82) is 0 Å². The number of thioether (sulfide) groups is 1. The molecule has 1 aliphatic heterocycles. The molecule has 2 N–H and O–H groups in total. The van der Waals surface area contributed by atoms with E-state index in [4.69, 9.17) is 0 Å². The van der Waals surface area contributed by atoms with E-state index in [0.717, 1.165) is 17.5 Å². The van der Waals surface area contributed by atoms with Gasteiger partial charge in [0.25, 0.3) is 0 Å². The monoisotopic (exact) mass is 407 g/mol. The lowest BCUT2D eigenvalue weighted by molar-refractivity contribution is -0.128. The van der Waals surface area contributed by atoms with Gasteiger partial charge in [-0.25, -0.2) is 4.68 Å². The van der Waals surface area contributed by atoms with Gasteiger partial charge in [0.2, 0.25) is 22.9 Å². The Labute approximate surface area is 172 Å². The number of carbonyl (C=O) groups excluding carboxylic acids is 2. The fourth-order valence-corrected chi connectivity index (χ4v) is 3.91. The molecular formula is C21H21N5O2S. The second-order valence-electron chi connectivity index (χ2n) is 6.73. The van der Waals surface area contributed by atoms with Gasteiger partial charge >= 0.3 is 0 Å². The van der Waals surface area contributed by atoms with Crippen LogP contribution >= 0.6 is 11.8 Å². The van der Waals surface area contributed by atoms with Gasteiger partial charge in [-0.2, -0.15) is 4.98 Å². The number of rotatable bonds is 7. The standard InChI is InChI=1S/C21H21N5O2S/c27-18-13-17(19(28)22-12-11-15-7-3-1-4-8-15)26-20(23-18)24-21(25-26)29-14-16-9-5-2-6-10-16/h1-10,17H,11-14H2,(H,22,28)(H,23,24,25,27)/t17-/m0/s1. The van der Waals surface area contributed by atoms with E-state index >= 15 is 0 Å². The van der Waals surface area contributed by atoms with Gasteiger partial charge < -0.3 is 5.32 Å². The van der Waals surface area contributed by atoms with Gasteiger partial charge in [-0.05, 0) is 17.5 Å². The van der Waals surface area contributed by atoms with Gasteiger partial charge in [0.1, 0.15) is 6.04 Å². The van der Waals surface area contributed by atoms with Crippen LogP contribution in [0.4, 0.5) is 5.95 Å². The first-order valence-corrected chi connectivity index (χ1v) is 10.4. The Kier molecular flexibility index (Phi) is 5.90.